The molecule has 0 N–H and O–H groups in total. The fourth-order valence-electron chi connectivity index (χ4n) is 5.00. The van der Waals surface area contributed by atoms with Crippen molar-refractivity contribution in [1.29, 1.82) is 0 Å². The van der Waals surface area contributed by atoms with Crippen LogP contribution in [0.2, 0.25) is 0 Å². The van der Waals surface area contributed by atoms with Gasteiger partial charge in [-0.3, -0.25) is 0 Å². The zero-order valence-electron chi connectivity index (χ0n) is 16.3. The highest BCUT2D eigenvalue weighted by Crippen LogP contribution is 2.74. The van der Waals surface area contributed by atoms with Gasteiger partial charge in [0.2, 0.25) is 10.0 Å². The Morgan fingerprint density at radius 2 is 1.79 bits per heavy atom. The number of benzene rings is 2. The van der Waals surface area contributed by atoms with Crippen LogP contribution in [0, 0.1) is 18.3 Å². The summed E-state index contributed by atoms with van der Waals surface area (Å²) in [5.41, 5.74) is 2.84. The predicted molar refractivity (Wildman–Crippen MR) is 113 cm³/mol. The molecule has 5 heteroatoms. The smallest absolute Gasteiger partial charge is 0.243 e. The summed E-state index contributed by atoms with van der Waals surface area (Å²) in [5.74, 6) is 1.19. The monoisotopic (exact) mass is 405 g/mol. The molecule has 0 radical (unpaired) electrons. The molecule has 148 valence electrons. The van der Waals surface area contributed by atoms with E-state index < -0.39 is 10.0 Å². The molecule has 1 saturated heterocycles. The summed E-state index contributed by atoms with van der Waals surface area (Å²) in [6.07, 6.45) is 1.64. The van der Waals surface area contributed by atoms with E-state index in [2.05, 4.69) is 18.7 Å². The van der Waals surface area contributed by atoms with Crippen molar-refractivity contribution in [2.75, 3.05) is 13.1 Å². The molecule has 3 aromatic rings. The van der Waals surface area contributed by atoms with E-state index in [9.17, 15) is 8.42 Å². The van der Waals surface area contributed by atoms with Crippen LogP contribution in [0.4, 0.5) is 0 Å². The Balaban J connectivity index is 1.51. The highest BCUT2D eigenvalue weighted by molar-refractivity contribution is 7.89. The minimum atomic E-state index is -3.54. The Bertz CT molecular complexity index is 1150. The number of fused-ring (bicyclic) bond motifs is 1. The van der Waals surface area contributed by atoms with Gasteiger partial charge in [-0.05, 0) is 48.2 Å². The second-order valence-electron chi connectivity index (χ2n) is 8.10. The lowest BCUT2D eigenvalue weighted by Gasteiger charge is -2.24. The van der Waals surface area contributed by atoms with E-state index in [0.717, 1.165) is 16.9 Å². The number of nitrogens with zero attached hydrogens (tertiary/aromatic N) is 1. The highest BCUT2D eigenvalue weighted by Gasteiger charge is 2.72. The molecule has 2 fully saturated rings. The van der Waals surface area contributed by atoms with E-state index in [1.807, 2.05) is 49.4 Å². The fraction of sp³-hybridized carbons (Fsp3) is 0.250. The van der Waals surface area contributed by atoms with Crippen LogP contribution in [0.1, 0.15) is 22.8 Å². The summed E-state index contributed by atoms with van der Waals surface area (Å²) in [6, 6.07) is 21.1. The molecule has 2 aromatic carbocycles. The van der Waals surface area contributed by atoms with E-state index in [1.54, 1.807) is 22.7 Å². The van der Waals surface area contributed by atoms with Crippen molar-refractivity contribution in [2.24, 2.45) is 11.3 Å². The maximum atomic E-state index is 13.3. The number of furan rings is 1. The summed E-state index contributed by atoms with van der Waals surface area (Å²) < 4.78 is 33.8. The predicted octanol–water partition coefficient (Wildman–Crippen LogP) is 4.71. The third-order valence-corrected chi connectivity index (χ3v) is 8.37. The molecule has 1 aromatic heterocycles. The summed E-state index contributed by atoms with van der Waals surface area (Å²) in [5, 5.41) is 0. The van der Waals surface area contributed by atoms with Crippen molar-refractivity contribution in [3.63, 3.8) is 0 Å². The average molecular weight is 406 g/mol. The van der Waals surface area contributed by atoms with E-state index in [4.69, 9.17) is 4.42 Å². The van der Waals surface area contributed by atoms with Crippen LogP contribution in [0.15, 0.2) is 88.9 Å². The van der Waals surface area contributed by atoms with Crippen molar-refractivity contribution < 1.29 is 12.8 Å². The molecule has 1 saturated carbocycles. The van der Waals surface area contributed by atoms with Gasteiger partial charge in [0.25, 0.3) is 0 Å². The molecular formula is C24H23NO3S. The molecule has 0 amide bonds. The molecule has 1 aliphatic carbocycles. The molecule has 29 heavy (non-hydrogen) atoms. The molecule has 4 nitrogen and oxygen atoms in total. The third-order valence-electron chi connectivity index (χ3n) is 6.55. The first-order valence-electron chi connectivity index (χ1n) is 9.79. The minimum absolute atomic E-state index is 0.197. The number of hydrogen-bond donors (Lipinski definition) is 0. The third kappa shape index (κ3) is 2.72. The quantitative estimate of drug-likeness (QED) is 0.618. The maximum absolute atomic E-state index is 13.3. The van der Waals surface area contributed by atoms with E-state index >= 15 is 0 Å². The van der Waals surface area contributed by atoms with Crippen LogP contribution in [0.3, 0.4) is 0 Å². The van der Waals surface area contributed by atoms with Crippen molar-refractivity contribution in [1.82, 2.24) is 4.31 Å². The van der Waals surface area contributed by atoms with Crippen molar-refractivity contribution in [2.45, 2.75) is 17.7 Å². The zero-order valence-corrected chi connectivity index (χ0v) is 17.1. The average Bonchev–Trinajstić information content (AvgIpc) is 3.12. The lowest BCUT2D eigenvalue weighted by Crippen LogP contribution is -2.33. The Kier molecular flexibility index (Phi) is 4.09. The van der Waals surface area contributed by atoms with Gasteiger partial charge in [0, 0.05) is 24.4 Å². The number of sulfonamides is 1. The van der Waals surface area contributed by atoms with Crippen molar-refractivity contribution in [3.05, 3.63) is 96.5 Å². The van der Waals surface area contributed by atoms with E-state index in [-0.39, 0.29) is 17.3 Å². The van der Waals surface area contributed by atoms with Crippen LogP contribution in [-0.2, 0) is 10.0 Å². The molecule has 2 heterocycles. The van der Waals surface area contributed by atoms with Gasteiger partial charge < -0.3 is 4.42 Å². The highest BCUT2D eigenvalue weighted by atomic mass is 32.2. The second-order valence-corrected chi connectivity index (χ2v) is 10.0. The molecule has 0 spiro atoms. The Morgan fingerprint density at radius 3 is 2.45 bits per heavy atom. The first kappa shape index (κ1) is 18.4. The largest absolute Gasteiger partial charge is 0.465 e. The SMILES string of the molecule is C=C(c1ccco1)[C@@]12CN(S(=O)(=O)c3ccc(C)cc3)C[C@@H]1[C@H]2c1ccccc1. The zero-order chi connectivity index (χ0) is 20.2. The van der Waals surface area contributed by atoms with Gasteiger partial charge in [-0.1, -0.05) is 54.6 Å². The summed E-state index contributed by atoms with van der Waals surface area (Å²) in [4.78, 5) is 0.347. The van der Waals surface area contributed by atoms with Gasteiger partial charge in [-0.15, -0.1) is 0 Å². The lowest BCUT2D eigenvalue weighted by molar-refractivity contribution is 0.415. The lowest BCUT2D eigenvalue weighted by atomic mass is 9.90. The molecule has 3 atom stereocenters. The number of piperidine rings is 1. The molecule has 0 unspecified atom stereocenters. The molecule has 5 rings (SSSR count). The van der Waals surface area contributed by atoms with Crippen LogP contribution in [-0.4, -0.2) is 25.8 Å². The van der Waals surface area contributed by atoms with Crippen LogP contribution < -0.4 is 0 Å². The molecular weight excluding hydrogens is 382 g/mol. The van der Waals surface area contributed by atoms with Gasteiger partial charge in [0.05, 0.1) is 11.2 Å². The van der Waals surface area contributed by atoms with Crippen LogP contribution >= 0.6 is 0 Å². The summed E-state index contributed by atoms with van der Waals surface area (Å²) in [7, 11) is -3.54. The normalized spacial score (nSPS) is 26.2. The summed E-state index contributed by atoms with van der Waals surface area (Å²) >= 11 is 0. The van der Waals surface area contributed by atoms with Gasteiger partial charge in [-0.2, -0.15) is 4.31 Å². The number of rotatable bonds is 5. The topological polar surface area (TPSA) is 50.5 Å². The summed E-state index contributed by atoms with van der Waals surface area (Å²) in [6.45, 7) is 7.23. The molecule has 0 bridgehead atoms. The Labute approximate surface area is 171 Å². The first-order chi connectivity index (χ1) is 13.9. The Morgan fingerprint density at radius 1 is 1.07 bits per heavy atom. The van der Waals surface area contributed by atoms with Crippen molar-refractivity contribution >= 4 is 15.6 Å². The van der Waals surface area contributed by atoms with Crippen LogP contribution in [0.5, 0.6) is 0 Å². The minimum Gasteiger partial charge on any atom is -0.465 e. The van der Waals surface area contributed by atoms with Gasteiger partial charge in [0.15, 0.2) is 0 Å². The number of aryl methyl sites for hydroxylation is 1. The molecule has 2 aliphatic rings. The maximum Gasteiger partial charge on any atom is 0.243 e. The van der Waals surface area contributed by atoms with E-state index in [0.29, 0.717) is 18.0 Å². The van der Waals surface area contributed by atoms with Crippen LogP contribution in [0.25, 0.3) is 5.57 Å². The number of hydrogen-bond acceptors (Lipinski definition) is 3. The van der Waals surface area contributed by atoms with Crippen molar-refractivity contribution in [3.8, 4) is 0 Å². The van der Waals surface area contributed by atoms with Gasteiger partial charge in [-0.25, -0.2) is 8.42 Å². The fourth-order valence-corrected chi connectivity index (χ4v) is 6.52. The first-order valence-corrected chi connectivity index (χ1v) is 11.2. The van der Waals surface area contributed by atoms with Gasteiger partial charge in [0.1, 0.15) is 5.76 Å². The second kappa shape index (κ2) is 6.44. The Hall–Kier alpha value is -2.63. The van der Waals surface area contributed by atoms with E-state index in [1.165, 1.54) is 5.56 Å². The van der Waals surface area contributed by atoms with Gasteiger partial charge >= 0.3 is 0 Å². The molecule has 1 aliphatic heterocycles. The standard InChI is InChI=1S/C24H23NO3S/c1-17-10-12-20(13-11-17)29(26,27)25-15-21-23(19-7-4-3-5-8-19)24(21,16-25)18(2)22-9-6-14-28-22/h3-14,21,23H,2,15-16H2,1H3/t21-,23-,24+/m1/s1.